The minimum atomic E-state index is 0.477. The fourth-order valence-corrected chi connectivity index (χ4v) is 2.70. The Labute approximate surface area is 150 Å². The Morgan fingerprint density at radius 1 is 1.13 bits per heavy atom. The number of rotatable bonds is 7. The second-order valence-corrected chi connectivity index (χ2v) is 6.30. The quantitative estimate of drug-likeness (QED) is 0.308. The number of oxime groups is 1. The van der Waals surface area contributed by atoms with Crippen molar-refractivity contribution in [2.24, 2.45) is 5.16 Å². The maximum absolute atomic E-state index is 8.83. The van der Waals surface area contributed by atoms with Gasteiger partial charge in [0.1, 0.15) is 12.4 Å². The third kappa shape index (κ3) is 4.86. The Morgan fingerprint density at radius 2 is 1.83 bits per heavy atom. The molecular weight excluding hydrogens is 403 g/mol. The Morgan fingerprint density at radius 3 is 2.43 bits per heavy atom. The van der Waals surface area contributed by atoms with Crippen LogP contribution in [0.15, 0.2) is 47.6 Å². The molecule has 23 heavy (non-hydrogen) atoms. The first kappa shape index (κ1) is 17.6. The van der Waals surface area contributed by atoms with Gasteiger partial charge in [0.05, 0.1) is 6.21 Å². The Kier molecular flexibility index (Phi) is 6.70. The van der Waals surface area contributed by atoms with E-state index in [0.717, 1.165) is 29.9 Å². The molecule has 0 aliphatic carbocycles. The minimum Gasteiger partial charge on any atom is -0.488 e. The van der Waals surface area contributed by atoms with Crippen LogP contribution in [-0.4, -0.2) is 24.5 Å². The number of hydrogen-bond donors (Lipinski definition) is 1. The van der Waals surface area contributed by atoms with E-state index in [-0.39, 0.29) is 0 Å². The topological polar surface area (TPSA) is 45.1 Å². The van der Waals surface area contributed by atoms with Crippen molar-refractivity contribution in [3.63, 3.8) is 0 Å². The SMILES string of the molecule is CCN(CC)c1ccc(/C=N/O)c(OCc2ccc(I)cc2)c1. The molecular formula is C18H21IN2O2. The lowest BCUT2D eigenvalue weighted by atomic mass is 10.1. The van der Waals surface area contributed by atoms with Crippen LogP contribution in [0.25, 0.3) is 0 Å². The van der Waals surface area contributed by atoms with Crippen molar-refractivity contribution in [1.29, 1.82) is 0 Å². The lowest BCUT2D eigenvalue weighted by Gasteiger charge is -2.22. The van der Waals surface area contributed by atoms with Gasteiger partial charge in [-0.2, -0.15) is 0 Å². The maximum Gasteiger partial charge on any atom is 0.130 e. The first-order chi connectivity index (χ1) is 11.2. The molecule has 0 unspecified atom stereocenters. The number of anilines is 1. The molecule has 0 atom stereocenters. The standard InChI is InChI=1S/C18H21IN2O2/c1-3-21(4-2)17-10-7-15(12-20-22)18(11-17)23-13-14-5-8-16(19)9-6-14/h5-12,22H,3-4,13H2,1-2H3/b20-12+. The molecule has 1 N–H and O–H groups in total. The van der Waals surface area contributed by atoms with Crippen molar-refractivity contribution in [2.75, 3.05) is 18.0 Å². The van der Waals surface area contributed by atoms with Gasteiger partial charge in [-0.1, -0.05) is 17.3 Å². The predicted molar refractivity (Wildman–Crippen MR) is 103 cm³/mol. The van der Waals surface area contributed by atoms with Crippen molar-refractivity contribution < 1.29 is 9.94 Å². The average Bonchev–Trinajstić information content (AvgIpc) is 2.57. The normalized spacial score (nSPS) is 10.9. The van der Waals surface area contributed by atoms with Gasteiger partial charge in [-0.25, -0.2) is 0 Å². The highest BCUT2D eigenvalue weighted by atomic mass is 127. The third-order valence-electron chi connectivity index (χ3n) is 3.63. The van der Waals surface area contributed by atoms with E-state index in [9.17, 15) is 0 Å². The van der Waals surface area contributed by atoms with Crippen molar-refractivity contribution in [1.82, 2.24) is 0 Å². The molecule has 5 heteroatoms. The summed E-state index contributed by atoms with van der Waals surface area (Å²) in [5.74, 6) is 0.714. The van der Waals surface area contributed by atoms with Crippen LogP contribution in [0.1, 0.15) is 25.0 Å². The zero-order valence-corrected chi connectivity index (χ0v) is 15.5. The summed E-state index contributed by atoms with van der Waals surface area (Å²) in [6.07, 6.45) is 1.40. The summed E-state index contributed by atoms with van der Waals surface area (Å²) in [5.41, 5.74) is 2.96. The van der Waals surface area contributed by atoms with Crippen molar-refractivity contribution in [3.8, 4) is 5.75 Å². The van der Waals surface area contributed by atoms with Crippen molar-refractivity contribution in [2.45, 2.75) is 20.5 Å². The van der Waals surface area contributed by atoms with E-state index in [1.807, 2.05) is 18.2 Å². The molecule has 2 rings (SSSR count). The van der Waals surface area contributed by atoms with Crippen LogP contribution in [0.5, 0.6) is 5.75 Å². The van der Waals surface area contributed by atoms with E-state index in [1.165, 1.54) is 9.78 Å². The molecule has 0 fully saturated rings. The first-order valence-corrected chi connectivity index (χ1v) is 8.69. The summed E-state index contributed by atoms with van der Waals surface area (Å²) < 4.78 is 7.16. The molecule has 2 aromatic rings. The second-order valence-electron chi connectivity index (χ2n) is 5.05. The molecule has 0 bridgehead atoms. The summed E-state index contributed by atoms with van der Waals surface area (Å²) in [5, 5.41) is 12.0. The Balaban J connectivity index is 2.22. The fourth-order valence-electron chi connectivity index (χ4n) is 2.34. The molecule has 0 aliphatic rings. The lowest BCUT2D eigenvalue weighted by molar-refractivity contribution is 0.304. The van der Waals surface area contributed by atoms with Gasteiger partial charge >= 0.3 is 0 Å². The molecule has 0 spiro atoms. The highest BCUT2D eigenvalue weighted by molar-refractivity contribution is 14.1. The smallest absolute Gasteiger partial charge is 0.130 e. The Hall–Kier alpha value is -1.76. The van der Waals surface area contributed by atoms with Crippen molar-refractivity contribution >= 4 is 34.5 Å². The number of hydrogen-bond acceptors (Lipinski definition) is 4. The van der Waals surface area contributed by atoms with Gasteiger partial charge in [-0.15, -0.1) is 0 Å². The summed E-state index contributed by atoms with van der Waals surface area (Å²) in [6, 6.07) is 14.1. The number of ether oxygens (including phenoxy) is 1. The summed E-state index contributed by atoms with van der Waals surface area (Å²) in [7, 11) is 0. The van der Waals surface area contributed by atoms with E-state index in [1.54, 1.807) is 0 Å². The second kappa shape index (κ2) is 8.76. The van der Waals surface area contributed by atoms with Crippen LogP contribution in [-0.2, 0) is 6.61 Å². The van der Waals surface area contributed by atoms with E-state index in [2.05, 4.69) is 70.8 Å². The van der Waals surface area contributed by atoms with Crippen LogP contribution in [0.4, 0.5) is 5.69 Å². The van der Waals surface area contributed by atoms with E-state index >= 15 is 0 Å². The van der Waals surface area contributed by atoms with Gasteiger partial charge in [-0.3, -0.25) is 0 Å². The average molecular weight is 424 g/mol. The molecule has 0 radical (unpaired) electrons. The van der Waals surface area contributed by atoms with Gasteiger partial charge in [0.25, 0.3) is 0 Å². The van der Waals surface area contributed by atoms with Gasteiger partial charge in [0.2, 0.25) is 0 Å². The largest absolute Gasteiger partial charge is 0.488 e. The molecule has 0 amide bonds. The lowest BCUT2D eigenvalue weighted by Crippen LogP contribution is -2.21. The summed E-state index contributed by atoms with van der Waals surface area (Å²) >= 11 is 2.28. The zero-order valence-electron chi connectivity index (χ0n) is 13.4. The number of halogens is 1. The molecule has 0 saturated heterocycles. The molecule has 4 nitrogen and oxygen atoms in total. The van der Waals surface area contributed by atoms with Crippen LogP contribution in [0, 0.1) is 3.57 Å². The zero-order chi connectivity index (χ0) is 16.7. The third-order valence-corrected chi connectivity index (χ3v) is 4.35. The van der Waals surface area contributed by atoms with Crippen LogP contribution in [0.3, 0.4) is 0 Å². The summed E-state index contributed by atoms with van der Waals surface area (Å²) in [6.45, 7) is 6.59. The Bertz CT molecular complexity index is 653. The highest BCUT2D eigenvalue weighted by Crippen LogP contribution is 2.26. The van der Waals surface area contributed by atoms with E-state index in [4.69, 9.17) is 9.94 Å². The first-order valence-electron chi connectivity index (χ1n) is 7.61. The molecule has 0 saturated carbocycles. The fraction of sp³-hybridized carbons (Fsp3) is 0.278. The number of benzene rings is 2. The van der Waals surface area contributed by atoms with Crippen LogP contribution < -0.4 is 9.64 Å². The minimum absolute atomic E-state index is 0.477. The van der Waals surface area contributed by atoms with Crippen LogP contribution >= 0.6 is 22.6 Å². The molecule has 122 valence electrons. The molecule has 0 aliphatic heterocycles. The molecule has 2 aromatic carbocycles. The monoisotopic (exact) mass is 424 g/mol. The molecule has 0 aromatic heterocycles. The van der Waals surface area contributed by atoms with E-state index < -0.39 is 0 Å². The van der Waals surface area contributed by atoms with Gasteiger partial charge in [0.15, 0.2) is 0 Å². The predicted octanol–water partition coefficient (Wildman–Crippen LogP) is 4.52. The van der Waals surface area contributed by atoms with Crippen molar-refractivity contribution in [3.05, 3.63) is 57.2 Å². The van der Waals surface area contributed by atoms with Gasteiger partial charge in [0, 0.05) is 34.0 Å². The number of nitrogens with zero attached hydrogens (tertiary/aromatic N) is 2. The van der Waals surface area contributed by atoms with E-state index in [0.29, 0.717) is 12.4 Å². The molecule has 0 heterocycles. The maximum atomic E-state index is 8.83. The highest BCUT2D eigenvalue weighted by Gasteiger charge is 2.08. The summed E-state index contributed by atoms with van der Waals surface area (Å²) in [4.78, 5) is 2.25. The van der Waals surface area contributed by atoms with Gasteiger partial charge in [-0.05, 0) is 66.3 Å². The van der Waals surface area contributed by atoms with Crippen LogP contribution in [0.2, 0.25) is 0 Å². The van der Waals surface area contributed by atoms with Gasteiger partial charge < -0.3 is 14.8 Å².